The minimum absolute atomic E-state index is 0. The Balaban J connectivity index is 0.00000169. The number of amides is 1. The van der Waals surface area contributed by atoms with Crippen LogP contribution in [0.5, 0.6) is 0 Å². The van der Waals surface area contributed by atoms with Crippen LogP contribution in [0.25, 0.3) is 0 Å². The summed E-state index contributed by atoms with van der Waals surface area (Å²) in [5.74, 6) is -0.140. The van der Waals surface area contributed by atoms with Crippen LogP contribution < -0.4 is 10.6 Å². The highest BCUT2D eigenvalue weighted by atomic mass is 35.5. The zero-order valence-electron chi connectivity index (χ0n) is 7.62. The topological polar surface area (TPSA) is 61.4 Å². The summed E-state index contributed by atoms with van der Waals surface area (Å²) in [6, 6.07) is -0.300. The van der Waals surface area contributed by atoms with Crippen LogP contribution in [-0.4, -0.2) is 36.2 Å². The van der Waals surface area contributed by atoms with Gasteiger partial charge in [-0.2, -0.15) is 0 Å². The van der Waals surface area contributed by atoms with E-state index in [2.05, 4.69) is 17.2 Å². The molecule has 0 unspecified atom stereocenters. The van der Waals surface area contributed by atoms with Gasteiger partial charge in [-0.05, 0) is 6.42 Å². The van der Waals surface area contributed by atoms with Crippen LogP contribution in [0.15, 0.2) is 11.6 Å². The van der Waals surface area contributed by atoms with E-state index in [-0.39, 0.29) is 30.9 Å². The van der Waals surface area contributed by atoms with E-state index < -0.39 is 6.10 Å². The van der Waals surface area contributed by atoms with Gasteiger partial charge in [0, 0.05) is 11.6 Å². The highest BCUT2D eigenvalue weighted by Crippen LogP contribution is 2.06. The molecule has 0 saturated carbocycles. The Kier molecular flexibility index (Phi) is 6.11. The molecule has 1 amide bonds. The minimum atomic E-state index is -0.421. The van der Waals surface area contributed by atoms with Gasteiger partial charge in [-0.25, -0.2) is 0 Å². The maximum Gasteiger partial charge on any atom is 0.237 e. The summed E-state index contributed by atoms with van der Waals surface area (Å²) < 4.78 is 0. The second kappa shape index (κ2) is 6.24. The first-order valence-corrected chi connectivity index (χ1v) is 4.50. The molecule has 6 heteroatoms. The Morgan fingerprint density at radius 3 is 2.79 bits per heavy atom. The number of hydrogen-bond donors (Lipinski definition) is 3. The quantitative estimate of drug-likeness (QED) is 0.651. The number of aliphatic hydroxyl groups is 1. The molecule has 0 aromatic carbocycles. The van der Waals surface area contributed by atoms with Gasteiger partial charge in [-0.3, -0.25) is 4.79 Å². The number of rotatable bonds is 3. The molecule has 0 aromatic heterocycles. The van der Waals surface area contributed by atoms with Crippen LogP contribution >= 0.6 is 24.0 Å². The molecule has 2 atom stereocenters. The van der Waals surface area contributed by atoms with Crippen molar-refractivity contribution in [3.63, 3.8) is 0 Å². The average Bonchev–Trinajstić information content (AvgIpc) is 2.47. The molecule has 0 spiro atoms. The fraction of sp³-hybridized carbons (Fsp3) is 0.625. The summed E-state index contributed by atoms with van der Waals surface area (Å²) in [7, 11) is 0. The predicted molar refractivity (Wildman–Crippen MR) is 57.7 cm³/mol. The lowest BCUT2D eigenvalue weighted by atomic mass is 10.2. The highest BCUT2D eigenvalue weighted by molar-refractivity contribution is 6.29. The van der Waals surface area contributed by atoms with Crippen molar-refractivity contribution >= 4 is 29.9 Å². The summed E-state index contributed by atoms with van der Waals surface area (Å²) in [5, 5.41) is 15.0. The van der Waals surface area contributed by atoms with Gasteiger partial charge in [0.15, 0.2) is 0 Å². The normalized spacial score (nSPS) is 25.3. The van der Waals surface area contributed by atoms with Gasteiger partial charge in [0.2, 0.25) is 5.91 Å². The maximum atomic E-state index is 11.3. The van der Waals surface area contributed by atoms with Crippen LogP contribution in [0.4, 0.5) is 0 Å². The SMILES string of the molecule is C=C(Cl)CNC(=O)[C@H]1C[C@H](O)CN1.Cl. The molecule has 1 rings (SSSR count). The lowest BCUT2D eigenvalue weighted by Gasteiger charge is -2.09. The molecule has 82 valence electrons. The summed E-state index contributed by atoms with van der Waals surface area (Å²) >= 11 is 5.48. The van der Waals surface area contributed by atoms with Crippen LogP contribution in [0.3, 0.4) is 0 Å². The second-order valence-electron chi connectivity index (χ2n) is 3.09. The van der Waals surface area contributed by atoms with Crippen molar-refractivity contribution in [2.75, 3.05) is 13.1 Å². The summed E-state index contributed by atoms with van der Waals surface area (Å²) in [6.07, 6.45) is 0.0376. The number of carbonyl (C=O) groups excluding carboxylic acids is 1. The van der Waals surface area contributed by atoms with Gasteiger partial charge in [-0.15, -0.1) is 12.4 Å². The number of nitrogens with one attached hydrogen (secondary N) is 2. The number of hydrogen-bond acceptors (Lipinski definition) is 3. The third kappa shape index (κ3) is 4.28. The van der Waals surface area contributed by atoms with E-state index in [1.54, 1.807) is 0 Å². The Hall–Kier alpha value is -0.290. The standard InChI is InChI=1S/C8H13ClN2O2.ClH/c1-5(9)3-11-8(13)7-2-6(12)4-10-7;/h6-7,10,12H,1-4H2,(H,11,13);1H/t6-,7+;/m0./s1. The molecule has 1 fully saturated rings. The lowest BCUT2D eigenvalue weighted by Crippen LogP contribution is -2.40. The number of carbonyl (C=O) groups is 1. The zero-order chi connectivity index (χ0) is 9.84. The average molecular weight is 241 g/mol. The first-order chi connectivity index (χ1) is 6.09. The largest absolute Gasteiger partial charge is 0.392 e. The molecular weight excluding hydrogens is 227 g/mol. The predicted octanol–water partition coefficient (Wildman–Crippen LogP) is -0.000300. The van der Waals surface area contributed by atoms with Gasteiger partial charge in [0.05, 0.1) is 18.7 Å². The fourth-order valence-corrected chi connectivity index (χ4v) is 1.29. The molecule has 1 saturated heterocycles. The first kappa shape index (κ1) is 13.7. The van der Waals surface area contributed by atoms with Crippen molar-refractivity contribution in [3.8, 4) is 0 Å². The van der Waals surface area contributed by atoms with E-state index >= 15 is 0 Å². The summed E-state index contributed by atoms with van der Waals surface area (Å²) in [5.41, 5.74) is 0. The molecule has 1 heterocycles. The van der Waals surface area contributed by atoms with E-state index in [9.17, 15) is 4.79 Å². The Bertz CT molecular complexity index is 223. The van der Waals surface area contributed by atoms with Gasteiger partial charge < -0.3 is 15.7 Å². The molecule has 0 bridgehead atoms. The summed E-state index contributed by atoms with van der Waals surface area (Å²) in [4.78, 5) is 11.3. The van der Waals surface area contributed by atoms with E-state index in [0.29, 0.717) is 18.0 Å². The molecule has 1 aliphatic heterocycles. The Morgan fingerprint density at radius 1 is 1.71 bits per heavy atom. The lowest BCUT2D eigenvalue weighted by molar-refractivity contribution is -0.122. The Labute approximate surface area is 94.1 Å². The number of aliphatic hydroxyl groups excluding tert-OH is 1. The van der Waals surface area contributed by atoms with Crippen molar-refractivity contribution in [1.29, 1.82) is 0 Å². The number of halogens is 2. The highest BCUT2D eigenvalue weighted by Gasteiger charge is 2.27. The Morgan fingerprint density at radius 2 is 2.36 bits per heavy atom. The van der Waals surface area contributed by atoms with Crippen LogP contribution in [0, 0.1) is 0 Å². The summed E-state index contributed by atoms with van der Waals surface area (Å²) in [6.45, 7) is 4.19. The third-order valence-corrected chi connectivity index (χ3v) is 2.01. The smallest absolute Gasteiger partial charge is 0.237 e. The molecule has 3 N–H and O–H groups in total. The van der Waals surface area contributed by atoms with Crippen LogP contribution in [0.2, 0.25) is 0 Å². The molecule has 1 aliphatic rings. The monoisotopic (exact) mass is 240 g/mol. The van der Waals surface area contributed by atoms with Gasteiger partial charge in [0.1, 0.15) is 0 Å². The first-order valence-electron chi connectivity index (χ1n) is 4.12. The molecule has 0 aromatic rings. The maximum absolute atomic E-state index is 11.3. The van der Waals surface area contributed by atoms with E-state index in [1.807, 2.05) is 0 Å². The molecule has 4 nitrogen and oxygen atoms in total. The third-order valence-electron chi connectivity index (χ3n) is 1.88. The molecule has 0 radical (unpaired) electrons. The van der Waals surface area contributed by atoms with Crippen molar-refractivity contribution in [2.24, 2.45) is 0 Å². The van der Waals surface area contributed by atoms with Crippen molar-refractivity contribution < 1.29 is 9.90 Å². The fourth-order valence-electron chi connectivity index (χ4n) is 1.22. The van der Waals surface area contributed by atoms with Gasteiger partial charge >= 0.3 is 0 Å². The molecular formula is C8H14Cl2N2O2. The van der Waals surface area contributed by atoms with E-state index in [0.717, 1.165) is 0 Å². The number of β-amino-alcohol motifs (C(OH)–C–C–N with tert-alkyl or cyclic N) is 1. The second-order valence-corrected chi connectivity index (χ2v) is 3.62. The molecule has 0 aliphatic carbocycles. The van der Waals surface area contributed by atoms with Gasteiger partial charge in [-0.1, -0.05) is 18.2 Å². The van der Waals surface area contributed by atoms with E-state index in [1.165, 1.54) is 0 Å². The minimum Gasteiger partial charge on any atom is -0.392 e. The van der Waals surface area contributed by atoms with Crippen LogP contribution in [-0.2, 0) is 4.79 Å². The van der Waals surface area contributed by atoms with Crippen molar-refractivity contribution in [2.45, 2.75) is 18.6 Å². The van der Waals surface area contributed by atoms with E-state index in [4.69, 9.17) is 16.7 Å². The van der Waals surface area contributed by atoms with Crippen molar-refractivity contribution in [1.82, 2.24) is 10.6 Å². The zero-order valence-corrected chi connectivity index (χ0v) is 9.20. The van der Waals surface area contributed by atoms with Gasteiger partial charge in [0.25, 0.3) is 0 Å². The van der Waals surface area contributed by atoms with Crippen molar-refractivity contribution in [3.05, 3.63) is 11.6 Å². The molecule has 14 heavy (non-hydrogen) atoms. The van der Waals surface area contributed by atoms with Crippen LogP contribution in [0.1, 0.15) is 6.42 Å².